The second-order valence-electron chi connectivity index (χ2n) is 8.16. The molecule has 2 amide bonds. The Labute approximate surface area is 221 Å². The highest BCUT2D eigenvalue weighted by Crippen LogP contribution is 2.26. The lowest BCUT2D eigenvalue weighted by Gasteiger charge is -2.23. The Kier molecular flexibility index (Phi) is 9.42. The molecule has 0 bridgehead atoms. The van der Waals surface area contributed by atoms with Crippen LogP contribution in [0.15, 0.2) is 57.8 Å². The van der Waals surface area contributed by atoms with Crippen molar-refractivity contribution in [2.24, 2.45) is 0 Å². The highest BCUT2D eigenvalue weighted by atomic mass is 79.9. The zero-order valence-electron chi connectivity index (χ0n) is 20.6. The van der Waals surface area contributed by atoms with E-state index in [9.17, 15) is 18.8 Å². The van der Waals surface area contributed by atoms with Gasteiger partial charge in [0.05, 0.1) is 25.9 Å². The number of carbonyl (C=O) groups is 2. The molecule has 0 atom stereocenters. The van der Waals surface area contributed by atoms with Crippen LogP contribution in [0.2, 0.25) is 0 Å². The summed E-state index contributed by atoms with van der Waals surface area (Å²) in [5.41, 5.74) is 2.24. The predicted molar refractivity (Wildman–Crippen MR) is 138 cm³/mol. The summed E-state index contributed by atoms with van der Waals surface area (Å²) >= 11 is 3.30. The van der Waals surface area contributed by atoms with E-state index in [-0.39, 0.29) is 42.6 Å². The van der Waals surface area contributed by atoms with Crippen LogP contribution in [0.3, 0.4) is 0 Å². The Morgan fingerprint density at radius 1 is 1.16 bits per heavy atom. The number of nitrogens with one attached hydrogen (secondary N) is 1. The molecule has 1 aromatic heterocycles. The molecule has 9 nitrogen and oxygen atoms in total. The van der Waals surface area contributed by atoms with E-state index >= 15 is 0 Å². The maximum absolute atomic E-state index is 13.6. The van der Waals surface area contributed by atoms with Crippen LogP contribution in [-0.4, -0.2) is 53.6 Å². The van der Waals surface area contributed by atoms with Gasteiger partial charge in [-0.25, -0.2) is 9.18 Å². The molecule has 0 fully saturated rings. The first-order valence-electron chi connectivity index (χ1n) is 11.3. The minimum Gasteiger partial charge on any atom is -0.471 e. The fourth-order valence-corrected chi connectivity index (χ4v) is 4.05. The van der Waals surface area contributed by atoms with Crippen LogP contribution in [0.5, 0.6) is 5.75 Å². The first kappa shape index (κ1) is 27.9. The van der Waals surface area contributed by atoms with Crippen molar-refractivity contribution < 1.29 is 28.6 Å². The van der Waals surface area contributed by atoms with Crippen LogP contribution in [0.1, 0.15) is 27.2 Å². The van der Waals surface area contributed by atoms with Gasteiger partial charge in [0, 0.05) is 23.9 Å². The van der Waals surface area contributed by atoms with Gasteiger partial charge in [0.15, 0.2) is 6.73 Å². The van der Waals surface area contributed by atoms with Gasteiger partial charge in [0.2, 0.25) is 0 Å². The third-order valence-electron chi connectivity index (χ3n) is 5.48. The molecule has 0 unspecified atom stereocenters. The van der Waals surface area contributed by atoms with Crippen LogP contribution in [0.25, 0.3) is 5.69 Å². The third-order valence-corrected chi connectivity index (χ3v) is 6.21. The molecule has 2 N–H and O–H groups in total. The molecule has 2 aromatic carbocycles. The predicted octanol–water partition coefficient (Wildman–Crippen LogP) is 3.68. The van der Waals surface area contributed by atoms with Crippen molar-refractivity contribution in [2.45, 2.75) is 20.4 Å². The number of aliphatic hydroxyl groups is 1. The second-order valence-corrected chi connectivity index (χ2v) is 8.95. The van der Waals surface area contributed by atoms with Crippen molar-refractivity contribution in [3.05, 3.63) is 91.6 Å². The third kappa shape index (κ3) is 6.75. The molecule has 1 heterocycles. The average Bonchev–Trinajstić information content (AvgIpc) is 2.88. The lowest BCUT2D eigenvalue weighted by atomic mass is 10.1. The van der Waals surface area contributed by atoms with E-state index in [2.05, 4.69) is 21.2 Å². The van der Waals surface area contributed by atoms with Crippen molar-refractivity contribution in [3.8, 4) is 11.4 Å². The van der Waals surface area contributed by atoms with E-state index in [0.29, 0.717) is 22.5 Å². The number of halogens is 2. The summed E-state index contributed by atoms with van der Waals surface area (Å²) in [7, 11) is 1.22. The van der Waals surface area contributed by atoms with Gasteiger partial charge >= 0.3 is 6.09 Å². The SMILES string of the molecule is COC(=O)N(COc1cc(C)n(-c2cc(C(=O)NCCO)ccc2C)c(=O)c1Br)Cc1cccc(F)c1. The fourth-order valence-electron chi connectivity index (χ4n) is 3.64. The molecule has 37 heavy (non-hydrogen) atoms. The number of aliphatic hydroxyl groups excluding tert-OH is 1. The van der Waals surface area contributed by atoms with Crippen LogP contribution < -0.4 is 15.6 Å². The van der Waals surface area contributed by atoms with Crippen LogP contribution in [0, 0.1) is 19.7 Å². The molecule has 0 aliphatic heterocycles. The first-order valence-corrected chi connectivity index (χ1v) is 12.1. The Morgan fingerprint density at radius 2 is 1.92 bits per heavy atom. The van der Waals surface area contributed by atoms with Gasteiger partial charge in [-0.3, -0.25) is 19.1 Å². The number of ether oxygens (including phenoxy) is 2. The number of amides is 2. The van der Waals surface area contributed by atoms with Gasteiger partial charge in [-0.15, -0.1) is 0 Å². The number of carbonyl (C=O) groups excluding carboxylic acids is 2. The lowest BCUT2D eigenvalue weighted by molar-refractivity contribution is 0.0799. The van der Waals surface area contributed by atoms with E-state index < -0.39 is 17.5 Å². The van der Waals surface area contributed by atoms with Crippen molar-refractivity contribution in [1.82, 2.24) is 14.8 Å². The molecular formula is C26H27BrFN3O6. The van der Waals surface area contributed by atoms with E-state index in [4.69, 9.17) is 14.6 Å². The molecule has 0 saturated heterocycles. The normalized spacial score (nSPS) is 10.6. The molecule has 3 rings (SSSR count). The van der Waals surface area contributed by atoms with E-state index in [1.807, 2.05) is 6.92 Å². The number of nitrogens with zero attached hydrogens (tertiary/aromatic N) is 2. The number of aromatic nitrogens is 1. The quantitative estimate of drug-likeness (QED) is 0.377. The first-order chi connectivity index (χ1) is 17.7. The summed E-state index contributed by atoms with van der Waals surface area (Å²) in [6.45, 7) is 3.22. The van der Waals surface area contributed by atoms with Crippen LogP contribution in [0.4, 0.5) is 9.18 Å². The zero-order chi connectivity index (χ0) is 27.1. The largest absolute Gasteiger partial charge is 0.471 e. The van der Waals surface area contributed by atoms with Crippen molar-refractivity contribution in [2.75, 3.05) is 27.0 Å². The number of aryl methyl sites for hydroxylation is 2. The molecule has 0 aliphatic rings. The monoisotopic (exact) mass is 575 g/mol. The molecule has 196 valence electrons. The maximum Gasteiger partial charge on any atom is 0.412 e. The van der Waals surface area contributed by atoms with Gasteiger partial charge in [-0.2, -0.15) is 0 Å². The molecular weight excluding hydrogens is 549 g/mol. The topological polar surface area (TPSA) is 110 Å². The summed E-state index contributed by atoms with van der Waals surface area (Å²) in [6, 6.07) is 12.4. The minimum atomic E-state index is -0.683. The minimum absolute atomic E-state index is 0.0302. The Hall–Kier alpha value is -3.70. The van der Waals surface area contributed by atoms with Crippen molar-refractivity contribution in [1.29, 1.82) is 0 Å². The van der Waals surface area contributed by atoms with Gasteiger partial charge in [-0.1, -0.05) is 18.2 Å². The molecule has 3 aromatic rings. The molecule has 0 spiro atoms. The highest BCUT2D eigenvalue weighted by Gasteiger charge is 2.20. The van der Waals surface area contributed by atoms with E-state index in [1.165, 1.54) is 34.8 Å². The average molecular weight is 576 g/mol. The summed E-state index contributed by atoms with van der Waals surface area (Å²) in [5, 5.41) is 11.5. The Balaban J connectivity index is 1.89. The van der Waals surface area contributed by atoms with Crippen molar-refractivity contribution >= 4 is 27.9 Å². The van der Waals surface area contributed by atoms with E-state index in [0.717, 1.165) is 5.56 Å². The highest BCUT2D eigenvalue weighted by molar-refractivity contribution is 9.10. The van der Waals surface area contributed by atoms with Gasteiger partial charge < -0.3 is 19.9 Å². The number of methoxy groups -OCH3 is 1. The van der Waals surface area contributed by atoms with Gasteiger partial charge in [-0.05, 0) is 65.2 Å². The summed E-state index contributed by atoms with van der Waals surface area (Å²) < 4.78 is 25.8. The summed E-state index contributed by atoms with van der Waals surface area (Å²) in [6.07, 6.45) is -0.683. The molecule has 0 aliphatic carbocycles. The van der Waals surface area contributed by atoms with Crippen LogP contribution >= 0.6 is 15.9 Å². The summed E-state index contributed by atoms with van der Waals surface area (Å²) in [5.74, 6) is -0.613. The zero-order valence-corrected chi connectivity index (χ0v) is 22.2. The smallest absolute Gasteiger partial charge is 0.412 e. The number of hydrogen-bond acceptors (Lipinski definition) is 6. The maximum atomic E-state index is 13.6. The number of pyridine rings is 1. The van der Waals surface area contributed by atoms with Crippen molar-refractivity contribution in [3.63, 3.8) is 0 Å². The number of rotatable bonds is 9. The second kappa shape index (κ2) is 12.5. The summed E-state index contributed by atoms with van der Waals surface area (Å²) in [4.78, 5) is 39.2. The number of benzene rings is 2. The molecule has 0 radical (unpaired) electrons. The van der Waals surface area contributed by atoms with E-state index in [1.54, 1.807) is 37.3 Å². The Bertz CT molecular complexity index is 1360. The standard InChI is InChI=1S/C26H27BrFN3O6/c1-16-7-8-19(24(33)29-9-10-32)13-21(16)31-17(2)11-22(23(27)25(31)34)37-15-30(26(35)36-3)14-18-5-4-6-20(28)12-18/h4-8,11-13,32H,9-10,14-15H2,1-3H3,(H,29,33). The van der Waals surface area contributed by atoms with Gasteiger partial charge in [0.1, 0.15) is 16.0 Å². The molecule has 11 heteroatoms. The van der Waals surface area contributed by atoms with Gasteiger partial charge in [0.25, 0.3) is 11.5 Å². The lowest BCUT2D eigenvalue weighted by Crippen LogP contribution is -2.34. The fraction of sp³-hybridized carbons (Fsp3) is 0.269. The Morgan fingerprint density at radius 3 is 2.59 bits per heavy atom. The van der Waals surface area contributed by atoms with Crippen LogP contribution in [-0.2, 0) is 11.3 Å². The number of hydrogen-bond donors (Lipinski definition) is 2. The molecule has 0 saturated carbocycles.